The smallest absolute Gasteiger partial charge is 0.254 e. The summed E-state index contributed by atoms with van der Waals surface area (Å²) in [5.41, 5.74) is 3.80. The minimum atomic E-state index is -0.887. The number of aliphatic hydroxyl groups is 1. The topological polar surface area (TPSA) is 40.5 Å². The molecule has 0 unspecified atom stereocenters. The molecular formula is C24H31NO2. The van der Waals surface area contributed by atoms with Crippen molar-refractivity contribution in [2.45, 2.75) is 65.0 Å². The molecule has 2 atom stereocenters. The molecule has 1 saturated heterocycles. The van der Waals surface area contributed by atoms with Gasteiger partial charge in [-0.2, -0.15) is 0 Å². The predicted octanol–water partition coefficient (Wildman–Crippen LogP) is 4.82. The van der Waals surface area contributed by atoms with Crippen LogP contribution < -0.4 is 0 Å². The number of benzene rings is 1. The van der Waals surface area contributed by atoms with Crippen molar-refractivity contribution in [3.63, 3.8) is 0 Å². The van der Waals surface area contributed by atoms with Crippen LogP contribution in [-0.4, -0.2) is 28.5 Å². The highest BCUT2D eigenvalue weighted by Crippen LogP contribution is 2.53. The van der Waals surface area contributed by atoms with Gasteiger partial charge >= 0.3 is 0 Å². The van der Waals surface area contributed by atoms with E-state index in [-0.39, 0.29) is 17.4 Å². The summed E-state index contributed by atoms with van der Waals surface area (Å²) in [6, 6.07) is 7.72. The van der Waals surface area contributed by atoms with Gasteiger partial charge in [-0.05, 0) is 79.7 Å². The second-order valence-electron chi connectivity index (χ2n) is 9.48. The largest absolute Gasteiger partial charge is 0.386 e. The lowest BCUT2D eigenvalue weighted by Gasteiger charge is -2.56. The number of allylic oxidation sites excluding steroid dienone is 3. The molecule has 2 aliphatic carbocycles. The third-order valence-electron chi connectivity index (χ3n) is 6.97. The Morgan fingerprint density at radius 3 is 2.48 bits per heavy atom. The number of rotatable bonds is 2. The van der Waals surface area contributed by atoms with E-state index >= 15 is 0 Å². The monoisotopic (exact) mass is 365 g/mol. The van der Waals surface area contributed by atoms with Crippen molar-refractivity contribution in [3.8, 4) is 0 Å². The van der Waals surface area contributed by atoms with Gasteiger partial charge in [-0.25, -0.2) is 0 Å². The Kier molecular flexibility index (Phi) is 4.34. The summed E-state index contributed by atoms with van der Waals surface area (Å²) >= 11 is 0. The molecule has 1 amide bonds. The number of likely N-dealkylation sites (tertiary alicyclic amines) is 1. The molecule has 2 bridgehead atoms. The van der Waals surface area contributed by atoms with Crippen molar-refractivity contribution >= 4 is 5.91 Å². The lowest BCUT2D eigenvalue weighted by atomic mass is 9.57. The fraction of sp³-hybridized carbons (Fsp3) is 0.542. The maximum atomic E-state index is 13.3. The predicted molar refractivity (Wildman–Crippen MR) is 108 cm³/mol. The van der Waals surface area contributed by atoms with Crippen molar-refractivity contribution in [2.24, 2.45) is 11.3 Å². The van der Waals surface area contributed by atoms with E-state index in [0.717, 1.165) is 43.4 Å². The number of carbonyl (C=O) groups excluding carboxylic acids is 1. The second-order valence-corrected chi connectivity index (χ2v) is 9.48. The molecule has 1 aromatic rings. The van der Waals surface area contributed by atoms with Crippen molar-refractivity contribution < 1.29 is 9.90 Å². The van der Waals surface area contributed by atoms with Crippen LogP contribution in [0.2, 0.25) is 0 Å². The van der Waals surface area contributed by atoms with Gasteiger partial charge < -0.3 is 10.0 Å². The van der Waals surface area contributed by atoms with E-state index in [0.29, 0.717) is 5.92 Å². The molecule has 1 saturated carbocycles. The number of hydrogen-bond acceptors (Lipinski definition) is 2. The van der Waals surface area contributed by atoms with Crippen molar-refractivity contribution in [1.29, 1.82) is 0 Å². The number of carbonyl (C=O) groups is 1. The van der Waals surface area contributed by atoms with Crippen LogP contribution >= 0.6 is 0 Å². The fourth-order valence-electron chi connectivity index (χ4n) is 5.31. The first-order valence-electron chi connectivity index (χ1n) is 10.2. The van der Waals surface area contributed by atoms with Gasteiger partial charge in [-0.15, -0.1) is 0 Å². The molecule has 144 valence electrons. The Morgan fingerprint density at radius 2 is 1.81 bits per heavy atom. The molecule has 0 spiro atoms. The lowest BCUT2D eigenvalue weighted by Crippen LogP contribution is -2.59. The van der Waals surface area contributed by atoms with Gasteiger partial charge in [-0.3, -0.25) is 4.79 Å². The number of nitrogens with zero attached hydrogens (tertiary/aromatic N) is 1. The standard InChI is InChI=1S/C24H31NO2/c1-23(2)20-13-14-25(21(23)15-17-7-5-6-8-19(17)20)22(26)16-9-11-18(12-10-16)24(3,4)27/h7-12,20-21,27H,5-6,13-15H2,1-4H3/t20-,21+/m0/s1. The first-order chi connectivity index (χ1) is 12.7. The van der Waals surface area contributed by atoms with E-state index in [1.165, 1.54) is 5.57 Å². The normalized spacial score (nSPS) is 26.8. The van der Waals surface area contributed by atoms with E-state index in [4.69, 9.17) is 0 Å². The maximum Gasteiger partial charge on any atom is 0.254 e. The van der Waals surface area contributed by atoms with Gasteiger partial charge in [0.1, 0.15) is 0 Å². The second kappa shape index (κ2) is 6.34. The van der Waals surface area contributed by atoms with Crippen LogP contribution in [0.15, 0.2) is 47.6 Å². The zero-order valence-electron chi connectivity index (χ0n) is 17.0. The van der Waals surface area contributed by atoms with Crippen molar-refractivity contribution in [3.05, 3.63) is 58.7 Å². The van der Waals surface area contributed by atoms with Gasteiger partial charge in [-0.1, -0.05) is 38.1 Å². The molecule has 1 aromatic carbocycles. The summed E-state index contributed by atoms with van der Waals surface area (Å²) in [5.74, 6) is 0.682. The fourth-order valence-corrected chi connectivity index (χ4v) is 5.31. The van der Waals surface area contributed by atoms with Crippen LogP contribution in [0.1, 0.15) is 69.3 Å². The maximum absolute atomic E-state index is 13.3. The van der Waals surface area contributed by atoms with E-state index in [9.17, 15) is 9.90 Å². The summed E-state index contributed by atoms with van der Waals surface area (Å²) in [5, 5.41) is 10.2. The highest BCUT2D eigenvalue weighted by molar-refractivity contribution is 5.94. The first kappa shape index (κ1) is 18.5. The molecule has 1 aliphatic heterocycles. The average molecular weight is 366 g/mol. The first-order valence-corrected chi connectivity index (χ1v) is 10.2. The van der Waals surface area contributed by atoms with E-state index in [2.05, 4.69) is 30.9 Å². The van der Waals surface area contributed by atoms with Crippen LogP contribution in [0.4, 0.5) is 0 Å². The van der Waals surface area contributed by atoms with E-state index in [1.54, 1.807) is 19.4 Å². The van der Waals surface area contributed by atoms with Gasteiger partial charge in [0.15, 0.2) is 0 Å². The van der Waals surface area contributed by atoms with Crippen LogP contribution in [0.5, 0.6) is 0 Å². The Bertz CT molecular complexity index is 808. The Balaban J connectivity index is 1.62. The van der Waals surface area contributed by atoms with Gasteiger partial charge in [0, 0.05) is 18.2 Å². The molecule has 1 heterocycles. The molecule has 3 heteroatoms. The zero-order chi connectivity index (χ0) is 19.4. The van der Waals surface area contributed by atoms with Crippen LogP contribution in [0.25, 0.3) is 0 Å². The summed E-state index contributed by atoms with van der Waals surface area (Å²) in [6.07, 6.45) is 9.15. The highest BCUT2D eigenvalue weighted by Gasteiger charge is 2.51. The van der Waals surface area contributed by atoms with Gasteiger partial charge in [0.25, 0.3) is 5.91 Å². The number of fused-ring (bicyclic) bond motifs is 4. The molecule has 27 heavy (non-hydrogen) atoms. The van der Waals surface area contributed by atoms with E-state index in [1.807, 2.05) is 24.3 Å². The van der Waals surface area contributed by atoms with Crippen molar-refractivity contribution in [1.82, 2.24) is 4.90 Å². The van der Waals surface area contributed by atoms with Crippen molar-refractivity contribution in [2.75, 3.05) is 6.54 Å². The number of piperidine rings is 1. The molecule has 4 rings (SSSR count). The van der Waals surface area contributed by atoms with Gasteiger partial charge in [0.2, 0.25) is 0 Å². The molecular weight excluding hydrogens is 334 g/mol. The number of hydrogen-bond donors (Lipinski definition) is 1. The minimum absolute atomic E-state index is 0.0987. The molecule has 0 radical (unpaired) electrons. The van der Waals surface area contributed by atoms with Crippen LogP contribution in [0.3, 0.4) is 0 Å². The molecule has 1 N–H and O–H groups in total. The molecule has 3 aliphatic rings. The average Bonchev–Trinajstić information content (AvgIpc) is 2.60. The summed E-state index contributed by atoms with van der Waals surface area (Å²) in [4.78, 5) is 15.5. The third kappa shape index (κ3) is 3.06. The summed E-state index contributed by atoms with van der Waals surface area (Å²) in [6.45, 7) is 9.04. The SMILES string of the molecule is CC(C)(O)c1ccc(C(=O)N2CC[C@H]3C4=CCCC=C4C[C@@H]2C3(C)C)cc1. The summed E-state index contributed by atoms with van der Waals surface area (Å²) in [7, 11) is 0. The van der Waals surface area contributed by atoms with E-state index < -0.39 is 5.60 Å². The highest BCUT2D eigenvalue weighted by atomic mass is 16.3. The lowest BCUT2D eigenvalue weighted by molar-refractivity contribution is -0.00244. The number of amides is 1. The quantitative estimate of drug-likeness (QED) is 0.816. The Morgan fingerprint density at radius 1 is 1.15 bits per heavy atom. The van der Waals surface area contributed by atoms with Crippen LogP contribution in [-0.2, 0) is 5.60 Å². The molecule has 3 nitrogen and oxygen atoms in total. The van der Waals surface area contributed by atoms with Crippen LogP contribution in [0, 0.1) is 11.3 Å². The minimum Gasteiger partial charge on any atom is -0.386 e. The summed E-state index contributed by atoms with van der Waals surface area (Å²) < 4.78 is 0. The van der Waals surface area contributed by atoms with Gasteiger partial charge in [0.05, 0.1) is 5.60 Å². The Hall–Kier alpha value is -1.87. The third-order valence-corrected chi connectivity index (χ3v) is 6.97. The zero-order valence-corrected chi connectivity index (χ0v) is 17.0. The Labute approximate surface area is 162 Å². The molecule has 0 aromatic heterocycles. The molecule has 2 fully saturated rings.